The molecule has 1 N–H and O–H groups in total. The van der Waals surface area contributed by atoms with Gasteiger partial charge in [-0.25, -0.2) is 4.79 Å². The Morgan fingerprint density at radius 3 is 2.61 bits per heavy atom. The SMILES string of the molecule is C[C@@H]1CCC[C@@H](C)N1C(=O)Nc1cccc(Br)c1. The molecule has 98 valence electrons. The maximum absolute atomic E-state index is 12.3. The molecule has 1 aliphatic heterocycles. The van der Waals surface area contributed by atoms with Gasteiger partial charge in [-0.2, -0.15) is 0 Å². The number of piperidine rings is 1. The van der Waals surface area contributed by atoms with Crippen molar-refractivity contribution in [1.82, 2.24) is 4.90 Å². The zero-order chi connectivity index (χ0) is 13.1. The molecule has 1 aromatic carbocycles. The smallest absolute Gasteiger partial charge is 0.319 e. The van der Waals surface area contributed by atoms with Gasteiger partial charge in [0.1, 0.15) is 0 Å². The van der Waals surface area contributed by atoms with E-state index in [9.17, 15) is 4.79 Å². The summed E-state index contributed by atoms with van der Waals surface area (Å²) in [6.07, 6.45) is 3.40. The third kappa shape index (κ3) is 3.05. The van der Waals surface area contributed by atoms with Crippen LogP contribution in [-0.4, -0.2) is 23.0 Å². The second kappa shape index (κ2) is 5.74. The van der Waals surface area contributed by atoms with Crippen LogP contribution in [0.5, 0.6) is 0 Å². The minimum absolute atomic E-state index is 0.00722. The van der Waals surface area contributed by atoms with E-state index in [0.29, 0.717) is 12.1 Å². The lowest BCUT2D eigenvalue weighted by Gasteiger charge is -2.38. The number of amides is 2. The number of anilines is 1. The van der Waals surface area contributed by atoms with E-state index in [1.165, 1.54) is 6.42 Å². The van der Waals surface area contributed by atoms with Crippen LogP contribution in [0.15, 0.2) is 28.7 Å². The molecule has 0 aromatic heterocycles. The lowest BCUT2D eigenvalue weighted by molar-refractivity contribution is 0.133. The van der Waals surface area contributed by atoms with Gasteiger partial charge in [0.2, 0.25) is 0 Å². The third-order valence-corrected chi connectivity index (χ3v) is 4.00. The summed E-state index contributed by atoms with van der Waals surface area (Å²) in [4.78, 5) is 14.3. The lowest BCUT2D eigenvalue weighted by atomic mass is 9.98. The first-order valence-corrected chi connectivity index (χ1v) is 7.22. The molecule has 2 amide bonds. The summed E-state index contributed by atoms with van der Waals surface area (Å²) in [5.74, 6) is 0. The van der Waals surface area contributed by atoms with Crippen LogP contribution in [-0.2, 0) is 0 Å². The summed E-state index contributed by atoms with van der Waals surface area (Å²) in [5, 5.41) is 2.97. The summed E-state index contributed by atoms with van der Waals surface area (Å²) in [6.45, 7) is 4.24. The predicted molar refractivity (Wildman–Crippen MR) is 77.8 cm³/mol. The van der Waals surface area contributed by atoms with Crippen LogP contribution in [0.1, 0.15) is 33.1 Å². The fourth-order valence-corrected chi connectivity index (χ4v) is 2.98. The number of rotatable bonds is 1. The van der Waals surface area contributed by atoms with Gasteiger partial charge < -0.3 is 10.2 Å². The number of carbonyl (C=O) groups is 1. The lowest BCUT2D eigenvalue weighted by Crippen LogP contribution is -2.49. The van der Waals surface area contributed by atoms with Crippen LogP contribution in [0.4, 0.5) is 10.5 Å². The Morgan fingerprint density at radius 1 is 1.33 bits per heavy atom. The second-order valence-electron chi connectivity index (χ2n) is 4.98. The van der Waals surface area contributed by atoms with Gasteiger partial charge in [-0.1, -0.05) is 22.0 Å². The highest BCUT2D eigenvalue weighted by atomic mass is 79.9. The van der Waals surface area contributed by atoms with Gasteiger partial charge >= 0.3 is 6.03 Å². The quantitative estimate of drug-likeness (QED) is 0.826. The van der Waals surface area contributed by atoms with Crippen LogP contribution in [0.2, 0.25) is 0 Å². The highest BCUT2D eigenvalue weighted by Gasteiger charge is 2.28. The zero-order valence-corrected chi connectivity index (χ0v) is 12.4. The molecule has 1 aliphatic rings. The monoisotopic (exact) mass is 310 g/mol. The highest BCUT2D eigenvalue weighted by Crippen LogP contribution is 2.24. The van der Waals surface area contributed by atoms with E-state index >= 15 is 0 Å². The van der Waals surface area contributed by atoms with Crippen LogP contribution < -0.4 is 5.32 Å². The van der Waals surface area contributed by atoms with Crippen molar-refractivity contribution in [3.8, 4) is 0 Å². The van der Waals surface area contributed by atoms with Crippen molar-refractivity contribution in [1.29, 1.82) is 0 Å². The fourth-order valence-electron chi connectivity index (χ4n) is 2.58. The van der Waals surface area contributed by atoms with Crippen LogP contribution in [0.3, 0.4) is 0 Å². The number of carbonyl (C=O) groups excluding carboxylic acids is 1. The molecular weight excluding hydrogens is 292 g/mol. The largest absolute Gasteiger partial charge is 0.322 e. The third-order valence-electron chi connectivity index (χ3n) is 3.50. The summed E-state index contributed by atoms with van der Waals surface area (Å²) in [5.41, 5.74) is 0.833. The minimum Gasteiger partial charge on any atom is -0.319 e. The van der Waals surface area contributed by atoms with Gasteiger partial charge in [-0.3, -0.25) is 0 Å². The van der Waals surface area contributed by atoms with E-state index in [2.05, 4.69) is 35.1 Å². The Labute approximate surface area is 117 Å². The zero-order valence-electron chi connectivity index (χ0n) is 10.8. The molecule has 4 heteroatoms. The molecule has 2 atom stereocenters. The van der Waals surface area contributed by atoms with Gasteiger partial charge in [0.25, 0.3) is 0 Å². The molecule has 0 bridgehead atoms. The number of hydrogen-bond donors (Lipinski definition) is 1. The van der Waals surface area contributed by atoms with E-state index in [1.807, 2.05) is 29.2 Å². The average molecular weight is 311 g/mol. The second-order valence-corrected chi connectivity index (χ2v) is 5.89. The van der Waals surface area contributed by atoms with Gasteiger partial charge in [-0.15, -0.1) is 0 Å². The topological polar surface area (TPSA) is 32.3 Å². The number of benzene rings is 1. The maximum atomic E-state index is 12.3. The number of likely N-dealkylation sites (tertiary alicyclic amines) is 1. The van der Waals surface area contributed by atoms with Crippen molar-refractivity contribution in [2.24, 2.45) is 0 Å². The molecule has 18 heavy (non-hydrogen) atoms. The maximum Gasteiger partial charge on any atom is 0.322 e. The number of nitrogens with zero attached hydrogens (tertiary/aromatic N) is 1. The average Bonchev–Trinajstić information content (AvgIpc) is 2.28. The van der Waals surface area contributed by atoms with Gasteiger partial charge in [0, 0.05) is 22.2 Å². The number of nitrogens with one attached hydrogen (secondary N) is 1. The molecule has 1 saturated heterocycles. The Hall–Kier alpha value is -1.03. The molecule has 0 saturated carbocycles. The van der Waals surface area contributed by atoms with E-state index in [1.54, 1.807) is 0 Å². The standard InChI is InChI=1S/C14H19BrN2O/c1-10-5-3-6-11(2)17(10)14(18)16-13-8-4-7-12(15)9-13/h4,7-11H,3,5-6H2,1-2H3,(H,16,18)/t10-,11-/m1/s1. The highest BCUT2D eigenvalue weighted by molar-refractivity contribution is 9.10. The number of hydrogen-bond acceptors (Lipinski definition) is 1. The molecular formula is C14H19BrN2O. The molecule has 0 unspecified atom stereocenters. The first-order valence-electron chi connectivity index (χ1n) is 6.43. The molecule has 0 radical (unpaired) electrons. The van der Waals surface area contributed by atoms with Gasteiger partial charge in [0.15, 0.2) is 0 Å². The van der Waals surface area contributed by atoms with E-state index in [-0.39, 0.29) is 6.03 Å². The van der Waals surface area contributed by atoms with Crippen molar-refractivity contribution in [2.75, 3.05) is 5.32 Å². The Bertz CT molecular complexity index is 426. The van der Waals surface area contributed by atoms with Crippen molar-refractivity contribution < 1.29 is 4.79 Å². The Morgan fingerprint density at radius 2 is 2.00 bits per heavy atom. The van der Waals surface area contributed by atoms with Crippen LogP contribution in [0.25, 0.3) is 0 Å². The minimum atomic E-state index is 0.00722. The number of urea groups is 1. The van der Waals surface area contributed by atoms with Gasteiger partial charge in [0.05, 0.1) is 0 Å². The van der Waals surface area contributed by atoms with Gasteiger partial charge in [-0.05, 0) is 51.3 Å². The van der Waals surface area contributed by atoms with E-state index < -0.39 is 0 Å². The van der Waals surface area contributed by atoms with Crippen molar-refractivity contribution in [3.63, 3.8) is 0 Å². The summed E-state index contributed by atoms with van der Waals surface area (Å²) >= 11 is 3.41. The van der Waals surface area contributed by atoms with Crippen LogP contribution >= 0.6 is 15.9 Å². The molecule has 0 aliphatic carbocycles. The molecule has 2 rings (SSSR count). The first-order chi connectivity index (χ1) is 8.58. The molecule has 1 aromatic rings. The predicted octanol–water partition coefficient (Wildman–Crippen LogP) is 4.24. The van der Waals surface area contributed by atoms with E-state index in [4.69, 9.17) is 0 Å². The summed E-state index contributed by atoms with van der Waals surface area (Å²) < 4.78 is 0.972. The van der Waals surface area contributed by atoms with Crippen molar-refractivity contribution in [2.45, 2.75) is 45.2 Å². The van der Waals surface area contributed by atoms with E-state index in [0.717, 1.165) is 23.0 Å². The normalized spacial score (nSPS) is 23.8. The molecule has 3 nitrogen and oxygen atoms in total. The molecule has 0 spiro atoms. The Kier molecular flexibility index (Phi) is 4.27. The summed E-state index contributed by atoms with van der Waals surface area (Å²) in [6, 6.07) is 8.33. The van der Waals surface area contributed by atoms with Crippen molar-refractivity contribution >= 4 is 27.6 Å². The molecule has 1 fully saturated rings. The molecule has 1 heterocycles. The fraction of sp³-hybridized carbons (Fsp3) is 0.500. The Balaban J connectivity index is 2.07. The van der Waals surface area contributed by atoms with Crippen LogP contribution in [0, 0.1) is 0 Å². The summed E-state index contributed by atoms with van der Waals surface area (Å²) in [7, 11) is 0. The first kappa shape index (κ1) is 13.4. The number of halogens is 1. The van der Waals surface area contributed by atoms with Crippen molar-refractivity contribution in [3.05, 3.63) is 28.7 Å².